The molecule has 1 heterocycles. The van der Waals surface area contributed by atoms with Crippen molar-refractivity contribution in [2.24, 2.45) is 17.6 Å². The Balaban J connectivity index is 2.09. The van der Waals surface area contributed by atoms with Gasteiger partial charge in [-0.15, -0.1) is 0 Å². The van der Waals surface area contributed by atoms with Crippen LogP contribution in [0.15, 0.2) is 42.9 Å². The van der Waals surface area contributed by atoms with Gasteiger partial charge in [0.15, 0.2) is 0 Å². The summed E-state index contributed by atoms with van der Waals surface area (Å²) in [5, 5.41) is 17.5. The number of aromatic amines is 1. The predicted molar refractivity (Wildman–Crippen MR) is 138 cm³/mol. The first-order chi connectivity index (χ1) is 17.5. The number of hydrogen-bond acceptors (Lipinski definition) is 6. The van der Waals surface area contributed by atoms with Crippen molar-refractivity contribution in [3.8, 4) is 0 Å². The van der Waals surface area contributed by atoms with E-state index in [2.05, 4.69) is 25.9 Å². The van der Waals surface area contributed by atoms with E-state index in [4.69, 9.17) is 5.73 Å². The molecule has 0 saturated heterocycles. The zero-order chi connectivity index (χ0) is 27.5. The van der Waals surface area contributed by atoms with Gasteiger partial charge in [-0.25, -0.2) is 9.78 Å². The largest absolute Gasteiger partial charge is 0.480 e. The highest BCUT2D eigenvalue weighted by Gasteiger charge is 2.33. The number of nitrogens with two attached hydrogens (primary N) is 1. The van der Waals surface area contributed by atoms with Crippen LogP contribution in [0.4, 0.5) is 0 Å². The van der Waals surface area contributed by atoms with E-state index in [9.17, 15) is 24.3 Å². The van der Waals surface area contributed by atoms with Gasteiger partial charge in [-0.2, -0.15) is 0 Å². The molecule has 0 radical (unpaired) electrons. The Hall–Kier alpha value is -3.73. The van der Waals surface area contributed by atoms with Crippen LogP contribution in [-0.4, -0.2) is 62.9 Å². The lowest BCUT2D eigenvalue weighted by atomic mass is 9.95. The number of nitrogens with one attached hydrogen (secondary N) is 4. The van der Waals surface area contributed by atoms with Crippen molar-refractivity contribution in [2.45, 2.75) is 71.1 Å². The molecular formula is C26H38N6O5. The van der Waals surface area contributed by atoms with E-state index < -0.39 is 47.9 Å². The number of H-pyrrole nitrogens is 1. The number of carboxylic acids is 1. The summed E-state index contributed by atoms with van der Waals surface area (Å²) in [4.78, 5) is 57.6. The minimum Gasteiger partial charge on any atom is -0.480 e. The minimum atomic E-state index is -1.22. The Kier molecular flexibility index (Phi) is 11.3. The third-order valence-corrected chi connectivity index (χ3v) is 6.27. The van der Waals surface area contributed by atoms with Gasteiger partial charge in [0.05, 0.1) is 12.4 Å². The smallest absolute Gasteiger partial charge is 0.326 e. The number of rotatable bonds is 14. The van der Waals surface area contributed by atoms with Crippen molar-refractivity contribution in [1.82, 2.24) is 25.9 Å². The maximum absolute atomic E-state index is 13.3. The lowest BCUT2D eigenvalue weighted by Crippen LogP contribution is -2.60. The van der Waals surface area contributed by atoms with Crippen molar-refractivity contribution in [1.29, 1.82) is 0 Å². The van der Waals surface area contributed by atoms with E-state index >= 15 is 0 Å². The molecule has 0 aliphatic heterocycles. The van der Waals surface area contributed by atoms with E-state index in [0.29, 0.717) is 18.5 Å². The molecule has 2 rings (SSSR count). The summed E-state index contributed by atoms with van der Waals surface area (Å²) < 4.78 is 0. The van der Waals surface area contributed by atoms with Gasteiger partial charge in [0.25, 0.3) is 0 Å². The van der Waals surface area contributed by atoms with Crippen LogP contribution in [0.5, 0.6) is 0 Å². The number of hydrogen-bond donors (Lipinski definition) is 6. The van der Waals surface area contributed by atoms with Crippen LogP contribution in [0.3, 0.4) is 0 Å². The van der Waals surface area contributed by atoms with Crippen LogP contribution in [0.2, 0.25) is 0 Å². The zero-order valence-corrected chi connectivity index (χ0v) is 21.7. The van der Waals surface area contributed by atoms with Crippen molar-refractivity contribution in [3.05, 3.63) is 54.1 Å². The van der Waals surface area contributed by atoms with Crippen LogP contribution >= 0.6 is 0 Å². The second-order valence-corrected chi connectivity index (χ2v) is 9.58. The SMILES string of the molecule is CCC(C)C(NC(=O)C(N)Cc1ccccc1)C(=O)NC(C(=O)NC(Cc1cnc[nH]1)C(=O)O)C(C)C. The number of aromatic nitrogens is 2. The van der Waals surface area contributed by atoms with Gasteiger partial charge >= 0.3 is 5.97 Å². The molecular weight excluding hydrogens is 476 g/mol. The maximum Gasteiger partial charge on any atom is 0.326 e. The summed E-state index contributed by atoms with van der Waals surface area (Å²) in [5.41, 5.74) is 7.55. The number of nitrogens with zero attached hydrogens (tertiary/aromatic N) is 1. The van der Waals surface area contributed by atoms with E-state index in [-0.39, 0.29) is 18.3 Å². The van der Waals surface area contributed by atoms with Gasteiger partial charge in [-0.1, -0.05) is 64.4 Å². The van der Waals surface area contributed by atoms with Crippen LogP contribution in [0, 0.1) is 11.8 Å². The molecule has 3 amide bonds. The number of amides is 3. The number of aliphatic carboxylic acids is 1. The third kappa shape index (κ3) is 9.02. The first-order valence-electron chi connectivity index (χ1n) is 12.4. The normalized spacial score (nSPS) is 15.2. The lowest BCUT2D eigenvalue weighted by molar-refractivity contribution is -0.142. The van der Waals surface area contributed by atoms with E-state index in [1.165, 1.54) is 12.5 Å². The van der Waals surface area contributed by atoms with Gasteiger partial charge in [0, 0.05) is 18.3 Å². The molecule has 5 unspecified atom stereocenters. The molecule has 0 saturated carbocycles. The molecule has 202 valence electrons. The van der Waals surface area contributed by atoms with E-state index in [1.807, 2.05) is 44.2 Å². The molecule has 0 fully saturated rings. The van der Waals surface area contributed by atoms with Gasteiger partial charge < -0.3 is 31.8 Å². The van der Waals surface area contributed by atoms with Crippen molar-refractivity contribution >= 4 is 23.7 Å². The fourth-order valence-corrected chi connectivity index (χ4v) is 3.78. The molecule has 11 nitrogen and oxygen atoms in total. The fraction of sp³-hybridized carbons (Fsp3) is 0.500. The van der Waals surface area contributed by atoms with Gasteiger partial charge in [0.2, 0.25) is 17.7 Å². The van der Waals surface area contributed by atoms with E-state index in [1.54, 1.807) is 13.8 Å². The highest BCUT2D eigenvalue weighted by Crippen LogP contribution is 2.12. The summed E-state index contributed by atoms with van der Waals surface area (Å²) in [7, 11) is 0. The second kappa shape index (κ2) is 14.1. The van der Waals surface area contributed by atoms with E-state index in [0.717, 1.165) is 5.56 Å². The number of imidazole rings is 1. The molecule has 2 aromatic rings. The maximum atomic E-state index is 13.3. The number of carbonyl (C=O) groups is 4. The van der Waals surface area contributed by atoms with Crippen molar-refractivity contribution < 1.29 is 24.3 Å². The molecule has 0 aliphatic carbocycles. The van der Waals surface area contributed by atoms with Crippen LogP contribution in [-0.2, 0) is 32.0 Å². The second-order valence-electron chi connectivity index (χ2n) is 9.58. The Bertz CT molecular complexity index is 1030. The van der Waals surface area contributed by atoms with Gasteiger partial charge in [-0.05, 0) is 23.8 Å². The third-order valence-electron chi connectivity index (χ3n) is 6.27. The average molecular weight is 515 g/mol. The van der Waals surface area contributed by atoms with Gasteiger partial charge in [0.1, 0.15) is 18.1 Å². The Labute approximate surface area is 217 Å². The molecule has 0 bridgehead atoms. The topological polar surface area (TPSA) is 179 Å². The van der Waals surface area contributed by atoms with Crippen LogP contribution in [0.25, 0.3) is 0 Å². The van der Waals surface area contributed by atoms with Crippen molar-refractivity contribution in [2.75, 3.05) is 0 Å². The average Bonchev–Trinajstić information content (AvgIpc) is 3.38. The fourth-order valence-electron chi connectivity index (χ4n) is 3.78. The molecule has 7 N–H and O–H groups in total. The quantitative estimate of drug-likeness (QED) is 0.215. The molecule has 1 aromatic heterocycles. The molecule has 37 heavy (non-hydrogen) atoms. The highest BCUT2D eigenvalue weighted by molar-refractivity contribution is 5.94. The predicted octanol–water partition coefficient (Wildman–Crippen LogP) is 0.763. The Morgan fingerprint density at radius 3 is 2.11 bits per heavy atom. The standard InChI is InChI=1S/C26H38N6O5/c1-5-16(4)22(32-23(33)19(27)11-17-9-7-6-8-10-17)25(35)31-21(15(2)3)24(34)30-20(26(36)37)12-18-13-28-14-29-18/h6-10,13-16,19-22H,5,11-12,27H2,1-4H3,(H,28,29)(H,30,34)(H,31,35)(H,32,33)(H,36,37). The summed E-state index contributed by atoms with van der Waals surface area (Å²) in [6.45, 7) is 7.19. The molecule has 5 atom stereocenters. The summed E-state index contributed by atoms with van der Waals surface area (Å²) in [6, 6.07) is 5.31. The van der Waals surface area contributed by atoms with Crippen LogP contribution in [0.1, 0.15) is 45.4 Å². The monoisotopic (exact) mass is 514 g/mol. The molecule has 11 heteroatoms. The number of carbonyl (C=O) groups excluding carboxylic acids is 3. The molecule has 0 spiro atoms. The Morgan fingerprint density at radius 2 is 1.57 bits per heavy atom. The molecule has 1 aromatic carbocycles. The first-order valence-corrected chi connectivity index (χ1v) is 12.4. The summed E-state index contributed by atoms with van der Waals surface area (Å²) >= 11 is 0. The summed E-state index contributed by atoms with van der Waals surface area (Å²) in [5.74, 6) is -3.45. The lowest BCUT2D eigenvalue weighted by Gasteiger charge is -2.29. The number of carboxylic acid groups (broad SMARTS) is 1. The minimum absolute atomic E-state index is 0.00465. The van der Waals surface area contributed by atoms with Gasteiger partial charge in [-0.3, -0.25) is 14.4 Å². The van der Waals surface area contributed by atoms with Crippen molar-refractivity contribution in [3.63, 3.8) is 0 Å². The first kappa shape index (κ1) is 29.5. The molecule has 0 aliphatic rings. The Morgan fingerprint density at radius 1 is 0.946 bits per heavy atom. The zero-order valence-electron chi connectivity index (χ0n) is 21.7. The number of benzene rings is 1. The highest BCUT2D eigenvalue weighted by atomic mass is 16.4. The summed E-state index contributed by atoms with van der Waals surface area (Å²) in [6.07, 6.45) is 3.81. The van der Waals surface area contributed by atoms with Crippen LogP contribution < -0.4 is 21.7 Å².